The third-order valence-corrected chi connectivity index (χ3v) is 2.20. The fraction of sp³-hybridized carbons (Fsp3) is 0.200. The van der Waals surface area contributed by atoms with E-state index in [0.717, 1.165) is 0 Å². The molecule has 0 aliphatic rings. The lowest BCUT2D eigenvalue weighted by atomic mass is 10.1. The highest BCUT2D eigenvalue weighted by Gasteiger charge is 2.12. The highest BCUT2D eigenvalue weighted by molar-refractivity contribution is 6.33. The molecular weight excluding hydrogens is 204 g/mol. The van der Waals surface area contributed by atoms with Crippen molar-refractivity contribution in [2.75, 3.05) is 7.11 Å². The van der Waals surface area contributed by atoms with E-state index >= 15 is 0 Å². The molecule has 0 unspecified atom stereocenters. The van der Waals surface area contributed by atoms with Crippen LogP contribution >= 0.6 is 11.6 Å². The first-order valence-electron chi connectivity index (χ1n) is 3.93. The molecule has 0 amide bonds. The lowest BCUT2D eigenvalue weighted by Crippen LogP contribution is -2.04. The second-order valence-corrected chi connectivity index (χ2v) is 3.21. The summed E-state index contributed by atoms with van der Waals surface area (Å²) in [7, 11) is 1.29. The first-order valence-corrected chi connectivity index (χ1v) is 4.31. The molecule has 0 spiro atoms. The number of aryl methyl sites for hydroxylation is 1. The van der Waals surface area contributed by atoms with E-state index in [2.05, 4.69) is 4.74 Å². The molecule has 0 radical (unpaired) electrons. The van der Waals surface area contributed by atoms with E-state index in [1.54, 1.807) is 13.0 Å². The van der Waals surface area contributed by atoms with Gasteiger partial charge in [0.2, 0.25) is 0 Å². The summed E-state index contributed by atoms with van der Waals surface area (Å²) in [6, 6.07) is 2.99. The highest BCUT2D eigenvalue weighted by Crippen LogP contribution is 2.20. The number of methoxy groups -OCH3 is 1. The molecule has 0 atom stereocenters. The van der Waals surface area contributed by atoms with Crippen molar-refractivity contribution in [2.45, 2.75) is 6.92 Å². The lowest BCUT2D eigenvalue weighted by molar-refractivity contribution is 0.0600. The average molecular weight is 213 g/mol. The molecular formula is C10H9ClO3. The van der Waals surface area contributed by atoms with Crippen LogP contribution in [-0.2, 0) is 4.74 Å². The third-order valence-electron chi connectivity index (χ3n) is 1.88. The van der Waals surface area contributed by atoms with Crippen LogP contribution in [0.5, 0.6) is 0 Å². The smallest absolute Gasteiger partial charge is 0.338 e. The summed E-state index contributed by atoms with van der Waals surface area (Å²) in [5.41, 5.74) is 1.34. The summed E-state index contributed by atoms with van der Waals surface area (Å²) in [6.45, 7) is 1.73. The monoisotopic (exact) mass is 212 g/mol. The van der Waals surface area contributed by atoms with Gasteiger partial charge < -0.3 is 4.74 Å². The van der Waals surface area contributed by atoms with E-state index in [9.17, 15) is 9.59 Å². The molecule has 74 valence electrons. The van der Waals surface area contributed by atoms with E-state index in [-0.39, 0.29) is 5.56 Å². The van der Waals surface area contributed by atoms with Crippen molar-refractivity contribution in [2.24, 2.45) is 0 Å². The molecule has 0 saturated carbocycles. The number of benzene rings is 1. The van der Waals surface area contributed by atoms with Gasteiger partial charge >= 0.3 is 5.97 Å². The van der Waals surface area contributed by atoms with E-state index < -0.39 is 5.97 Å². The van der Waals surface area contributed by atoms with Gasteiger partial charge in [0.15, 0.2) is 6.29 Å². The van der Waals surface area contributed by atoms with Crippen molar-refractivity contribution in [1.29, 1.82) is 0 Å². The van der Waals surface area contributed by atoms with Gasteiger partial charge in [0.25, 0.3) is 0 Å². The van der Waals surface area contributed by atoms with E-state index in [1.165, 1.54) is 13.2 Å². The van der Waals surface area contributed by atoms with Gasteiger partial charge in [0, 0.05) is 5.56 Å². The minimum atomic E-state index is -0.470. The van der Waals surface area contributed by atoms with Crippen LogP contribution in [0.3, 0.4) is 0 Å². The standard InChI is InChI=1S/C10H9ClO3/c1-6-3-9(11)7(5-12)4-8(6)10(13)14-2/h3-5H,1-2H3. The first-order chi connectivity index (χ1) is 6.60. The molecule has 0 aromatic heterocycles. The molecule has 0 N–H and O–H groups in total. The Kier molecular flexibility index (Phi) is 3.25. The zero-order valence-electron chi connectivity index (χ0n) is 7.83. The summed E-state index contributed by atoms with van der Waals surface area (Å²) >= 11 is 5.77. The Morgan fingerprint density at radius 2 is 2.14 bits per heavy atom. The number of esters is 1. The van der Waals surface area contributed by atoms with Gasteiger partial charge in [-0.05, 0) is 24.6 Å². The minimum absolute atomic E-state index is 0.290. The van der Waals surface area contributed by atoms with Crippen LogP contribution in [0, 0.1) is 6.92 Å². The number of carbonyl (C=O) groups excluding carboxylic acids is 2. The molecule has 0 heterocycles. The number of aldehydes is 1. The lowest BCUT2D eigenvalue weighted by Gasteiger charge is -2.05. The molecule has 0 saturated heterocycles. The van der Waals surface area contributed by atoms with Crippen molar-refractivity contribution >= 4 is 23.9 Å². The van der Waals surface area contributed by atoms with Crippen LogP contribution in [0.1, 0.15) is 26.3 Å². The number of carbonyl (C=O) groups is 2. The van der Waals surface area contributed by atoms with Gasteiger partial charge in [0.1, 0.15) is 0 Å². The van der Waals surface area contributed by atoms with Crippen molar-refractivity contribution in [3.63, 3.8) is 0 Å². The summed E-state index contributed by atoms with van der Waals surface area (Å²) in [6.07, 6.45) is 0.605. The topological polar surface area (TPSA) is 43.4 Å². The average Bonchev–Trinajstić information content (AvgIpc) is 2.17. The molecule has 0 aliphatic carbocycles. The van der Waals surface area contributed by atoms with Crippen LogP contribution in [-0.4, -0.2) is 19.4 Å². The number of hydrogen-bond donors (Lipinski definition) is 0. The number of hydrogen-bond acceptors (Lipinski definition) is 3. The van der Waals surface area contributed by atoms with Gasteiger partial charge in [-0.15, -0.1) is 0 Å². The molecule has 1 aromatic rings. The summed E-state index contributed by atoms with van der Waals surface area (Å²) < 4.78 is 4.56. The van der Waals surface area contributed by atoms with E-state index in [4.69, 9.17) is 11.6 Å². The van der Waals surface area contributed by atoms with Gasteiger partial charge in [-0.1, -0.05) is 11.6 Å². The molecule has 0 aliphatic heterocycles. The number of halogens is 1. The molecule has 4 heteroatoms. The Balaban J connectivity index is 3.30. The first kappa shape index (κ1) is 10.7. The van der Waals surface area contributed by atoms with E-state index in [1.807, 2.05) is 0 Å². The molecule has 0 fully saturated rings. The van der Waals surface area contributed by atoms with Crippen LogP contribution in [0.4, 0.5) is 0 Å². The Morgan fingerprint density at radius 3 is 2.64 bits per heavy atom. The molecule has 0 bridgehead atoms. The SMILES string of the molecule is COC(=O)c1cc(C=O)c(Cl)cc1C. The normalized spacial score (nSPS) is 9.64. The minimum Gasteiger partial charge on any atom is -0.465 e. The Labute approximate surface area is 86.6 Å². The van der Waals surface area contributed by atoms with Crippen molar-refractivity contribution < 1.29 is 14.3 Å². The summed E-state index contributed by atoms with van der Waals surface area (Å²) in [5.74, 6) is -0.470. The Bertz CT molecular complexity index is 385. The van der Waals surface area contributed by atoms with Crippen LogP contribution in [0.15, 0.2) is 12.1 Å². The Morgan fingerprint density at radius 1 is 1.50 bits per heavy atom. The van der Waals surface area contributed by atoms with Crippen molar-refractivity contribution in [3.05, 3.63) is 33.8 Å². The maximum atomic E-state index is 11.2. The quantitative estimate of drug-likeness (QED) is 0.558. The zero-order chi connectivity index (χ0) is 10.7. The molecule has 1 aromatic carbocycles. The van der Waals surface area contributed by atoms with Gasteiger partial charge in [-0.3, -0.25) is 4.79 Å². The van der Waals surface area contributed by atoms with Gasteiger partial charge in [0.05, 0.1) is 17.7 Å². The predicted molar refractivity (Wildman–Crippen MR) is 52.9 cm³/mol. The number of ether oxygens (including phenoxy) is 1. The fourth-order valence-corrected chi connectivity index (χ4v) is 1.37. The molecule has 14 heavy (non-hydrogen) atoms. The van der Waals surface area contributed by atoms with Crippen LogP contribution < -0.4 is 0 Å². The summed E-state index contributed by atoms with van der Waals surface area (Å²) in [5, 5.41) is 0.338. The van der Waals surface area contributed by atoms with Crippen molar-refractivity contribution in [1.82, 2.24) is 0 Å². The maximum Gasteiger partial charge on any atom is 0.338 e. The Hall–Kier alpha value is -1.35. The second kappa shape index (κ2) is 4.24. The summed E-state index contributed by atoms with van der Waals surface area (Å²) in [4.78, 5) is 21.8. The van der Waals surface area contributed by atoms with Gasteiger partial charge in [-0.2, -0.15) is 0 Å². The van der Waals surface area contributed by atoms with Crippen molar-refractivity contribution in [3.8, 4) is 0 Å². The van der Waals surface area contributed by atoms with E-state index in [0.29, 0.717) is 22.4 Å². The predicted octanol–water partition coefficient (Wildman–Crippen LogP) is 2.25. The molecule has 3 nitrogen and oxygen atoms in total. The van der Waals surface area contributed by atoms with Gasteiger partial charge in [-0.25, -0.2) is 4.79 Å². The maximum absolute atomic E-state index is 11.2. The third kappa shape index (κ3) is 1.93. The number of rotatable bonds is 2. The highest BCUT2D eigenvalue weighted by atomic mass is 35.5. The molecule has 1 rings (SSSR count). The second-order valence-electron chi connectivity index (χ2n) is 2.80. The van der Waals surface area contributed by atoms with Crippen LogP contribution in [0.25, 0.3) is 0 Å². The van der Waals surface area contributed by atoms with Crippen LogP contribution in [0.2, 0.25) is 5.02 Å². The zero-order valence-corrected chi connectivity index (χ0v) is 8.59. The largest absolute Gasteiger partial charge is 0.465 e. The fourth-order valence-electron chi connectivity index (χ4n) is 1.11.